The monoisotopic (exact) mass is 892 g/mol. The number of phenolic OH excluding ortho intramolecular Hbond substituents is 1. The predicted octanol–water partition coefficient (Wildman–Crippen LogP) is 8.30. The van der Waals surface area contributed by atoms with Gasteiger partial charge in [-0.3, -0.25) is 13.9 Å². The second kappa shape index (κ2) is 18.0. The second-order valence-electron chi connectivity index (χ2n) is 15.1. The van der Waals surface area contributed by atoms with E-state index in [1.54, 1.807) is 25.1 Å². The number of carbonyl (C=O) groups excluding carboxylic acids is 2. The number of alkyl carbamates (subject to hydrolysis) is 1. The fourth-order valence-electron chi connectivity index (χ4n) is 7.77. The van der Waals surface area contributed by atoms with Crippen LogP contribution >= 0.6 is 0 Å². The summed E-state index contributed by atoms with van der Waals surface area (Å²) in [6, 6.07) is 28.9. The van der Waals surface area contributed by atoms with Gasteiger partial charge in [-0.2, -0.15) is 21.9 Å². The van der Waals surface area contributed by atoms with Crippen LogP contribution < -0.4 is 22.1 Å². The smallest absolute Gasteiger partial charge is 0.407 e. The summed E-state index contributed by atoms with van der Waals surface area (Å²) in [5.74, 6) is -1.28. The van der Waals surface area contributed by atoms with E-state index in [9.17, 15) is 40.6 Å². The minimum atomic E-state index is -5.07. The quantitative estimate of drug-likeness (QED) is 0.0235. The van der Waals surface area contributed by atoms with Crippen molar-refractivity contribution in [3.05, 3.63) is 125 Å². The molecule has 18 heteroatoms. The summed E-state index contributed by atoms with van der Waals surface area (Å²) in [6.07, 6.45) is 0.938. The lowest BCUT2D eigenvalue weighted by Gasteiger charge is -2.20. The van der Waals surface area contributed by atoms with E-state index < -0.39 is 64.9 Å². The lowest BCUT2D eigenvalue weighted by Crippen LogP contribution is -2.44. The number of azo groups is 1. The van der Waals surface area contributed by atoms with Gasteiger partial charge in [0, 0.05) is 17.0 Å². The van der Waals surface area contributed by atoms with Crippen LogP contribution in [0.4, 0.5) is 27.5 Å². The van der Waals surface area contributed by atoms with Crippen molar-refractivity contribution in [2.24, 2.45) is 16.0 Å². The molecule has 0 saturated heterocycles. The third-order valence-electron chi connectivity index (χ3n) is 11.0. The Morgan fingerprint density at radius 3 is 1.95 bits per heavy atom. The van der Waals surface area contributed by atoms with E-state index in [0.717, 1.165) is 45.0 Å². The number of nitrogens with zero attached hydrogens (tertiary/aromatic N) is 2. The zero-order valence-corrected chi connectivity index (χ0v) is 35.7. The molecular formula is C45H44N6O10S2. The van der Waals surface area contributed by atoms with Gasteiger partial charge >= 0.3 is 6.09 Å². The van der Waals surface area contributed by atoms with Crippen molar-refractivity contribution in [1.29, 1.82) is 0 Å². The highest BCUT2D eigenvalue weighted by Gasteiger charge is 2.30. The average Bonchev–Trinajstić information content (AvgIpc) is 3.55. The highest BCUT2D eigenvalue weighted by Crippen LogP contribution is 2.45. The molecule has 6 aromatic rings. The maximum absolute atomic E-state index is 13.7. The van der Waals surface area contributed by atoms with Gasteiger partial charge < -0.3 is 31.9 Å². The van der Waals surface area contributed by atoms with Gasteiger partial charge in [-0.1, -0.05) is 66.7 Å². The molecule has 6 aromatic carbocycles. The van der Waals surface area contributed by atoms with Crippen molar-refractivity contribution in [2.75, 3.05) is 24.2 Å². The third kappa shape index (κ3) is 9.40. The first-order valence-corrected chi connectivity index (χ1v) is 22.6. The van der Waals surface area contributed by atoms with E-state index in [2.05, 4.69) is 33.0 Å². The zero-order chi connectivity index (χ0) is 45.2. The third-order valence-corrected chi connectivity index (χ3v) is 12.7. The molecule has 1 aliphatic rings. The standard InChI is InChI=1S/C45H44N6O10S2/c1-25-21-27(28-15-18-36(26(2)22-28)50-51-37-19-16-33-39(62(55,56)57)23-40(63(58,59)60)42(47)41(33)43(37)52)14-17-35(25)48-44(53)38(13-7-8-20-46)49-45(54)61-24-34-31-11-5-3-9-29(31)30-10-4-6-12-32(30)34/h3-6,9-12,14-19,21-23,34,38,52H,7-8,13,20,24,46-47H2,1-2H3,(H,48,53)(H,49,54)(H,55,56,57)(H,58,59,60). The van der Waals surface area contributed by atoms with Crippen LogP contribution in [0.2, 0.25) is 0 Å². The minimum absolute atomic E-state index is 0.107. The van der Waals surface area contributed by atoms with Crippen molar-refractivity contribution in [3.63, 3.8) is 0 Å². The van der Waals surface area contributed by atoms with E-state index >= 15 is 0 Å². The number of nitrogens with one attached hydrogen (secondary N) is 2. The molecule has 0 radical (unpaired) electrons. The highest BCUT2D eigenvalue weighted by molar-refractivity contribution is 7.87. The molecule has 0 spiro atoms. The molecule has 326 valence electrons. The molecule has 0 bridgehead atoms. The van der Waals surface area contributed by atoms with Crippen molar-refractivity contribution in [2.45, 2.75) is 54.9 Å². The summed E-state index contributed by atoms with van der Waals surface area (Å²) < 4.78 is 73.2. The first-order valence-electron chi connectivity index (χ1n) is 19.7. The van der Waals surface area contributed by atoms with Gasteiger partial charge in [0.05, 0.1) is 16.8 Å². The van der Waals surface area contributed by atoms with Crippen LogP contribution in [-0.4, -0.2) is 62.2 Å². The van der Waals surface area contributed by atoms with Gasteiger partial charge in [0.2, 0.25) is 5.91 Å². The summed E-state index contributed by atoms with van der Waals surface area (Å²) >= 11 is 0. The average molecular weight is 893 g/mol. The molecule has 2 amide bonds. The van der Waals surface area contributed by atoms with E-state index in [1.807, 2.05) is 61.5 Å². The molecule has 0 saturated carbocycles. The van der Waals surface area contributed by atoms with Gasteiger partial charge in [0.1, 0.15) is 28.1 Å². The summed E-state index contributed by atoms with van der Waals surface area (Å²) in [4.78, 5) is 24.9. The van der Waals surface area contributed by atoms with E-state index in [1.165, 1.54) is 6.07 Å². The number of ether oxygens (including phenoxy) is 1. The Morgan fingerprint density at radius 1 is 0.762 bits per heavy atom. The minimum Gasteiger partial charge on any atom is -0.505 e. The Balaban J connectivity index is 1.04. The van der Waals surface area contributed by atoms with Crippen LogP contribution in [0.3, 0.4) is 0 Å². The topological polar surface area (TPSA) is 273 Å². The van der Waals surface area contributed by atoms with Crippen molar-refractivity contribution >= 4 is 65.8 Å². The Bertz CT molecular complexity index is 3000. The number of hydrogen-bond donors (Lipinski definition) is 7. The van der Waals surface area contributed by atoms with Crippen LogP contribution in [0.25, 0.3) is 33.0 Å². The maximum atomic E-state index is 13.7. The van der Waals surface area contributed by atoms with E-state index in [4.69, 9.17) is 16.2 Å². The number of hydrogen-bond acceptors (Lipinski definition) is 12. The number of nitrogens with two attached hydrogens (primary N) is 2. The predicted molar refractivity (Wildman–Crippen MR) is 239 cm³/mol. The zero-order valence-electron chi connectivity index (χ0n) is 34.1. The van der Waals surface area contributed by atoms with Gasteiger partial charge in [0.25, 0.3) is 20.2 Å². The number of carbonyl (C=O) groups is 2. The number of rotatable bonds is 14. The number of aromatic hydroxyl groups is 1. The Labute approximate surface area is 363 Å². The molecule has 1 aliphatic carbocycles. The fourth-order valence-corrected chi connectivity index (χ4v) is 9.20. The van der Waals surface area contributed by atoms with Crippen molar-refractivity contribution < 1.29 is 45.4 Å². The molecule has 1 unspecified atom stereocenters. The van der Waals surface area contributed by atoms with Gasteiger partial charge in [-0.05, 0) is 121 Å². The van der Waals surface area contributed by atoms with E-state index in [-0.39, 0.29) is 23.6 Å². The molecule has 0 aliphatic heterocycles. The van der Waals surface area contributed by atoms with Crippen LogP contribution in [0.15, 0.2) is 123 Å². The molecule has 63 heavy (non-hydrogen) atoms. The Morgan fingerprint density at radius 2 is 1.35 bits per heavy atom. The van der Waals surface area contributed by atoms with Crippen molar-refractivity contribution in [3.8, 4) is 28.0 Å². The van der Waals surface area contributed by atoms with Gasteiger partial charge in [0.15, 0.2) is 5.75 Å². The lowest BCUT2D eigenvalue weighted by molar-refractivity contribution is -0.118. The molecule has 1 atom stereocenters. The van der Waals surface area contributed by atoms with E-state index in [0.29, 0.717) is 48.8 Å². The number of unbranched alkanes of at least 4 members (excludes halogenated alkanes) is 1. The van der Waals surface area contributed by atoms with Crippen molar-refractivity contribution in [1.82, 2.24) is 5.32 Å². The number of aryl methyl sites for hydroxylation is 2. The largest absolute Gasteiger partial charge is 0.505 e. The molecule has 0 fully saturated rings. The first-order chi connectivity index (χ1) is 30.0. The summed E-state index contributed by atoms with van der Waals surface area (Å²) in [5, 5.41) is 24.3. The number of phenols is 1. The lowest BCUT2D eigenvalue weighted by atomic mass is 9.98. The van der Waals surface area contributed by atoms with Crippen LogP contribution in [0.5, 0.6) is 5.75 Å². The fraction of sp³-hybridized carbons (Fsp3) is 0.200. The first kappa shape index (κ1) is 44.4. The molecule has 9 N–H and O–H groups in total. The number of benzene rings is 6. The number of anilines is 2. The van der Waals surface area contributed by atoms with Crippen LogP contribution in [-0.2, 0) is 29.8 Å². The second-order valence-corrected chi connectivity index (χ2v) is 17.9. The summed E-state index contributed by atoms with van der Waals surface area (Å²) in [7, 11) is -10.1. The summed E-state index contributed by atoms with van der Waals surface area (Å²) in [5.41, 5.74) is 19.2. The number of fused-ring (bicyclic) bond motifs is 4. The Kier molecular flexibility index (Phi) is 12.6. The molecule has 0 heterocycles. The van der Waals surface area contributed by atoms with Gasteiger partial charge in [-0.15, -0.1) is 5.11 Å². The normalized spacial score (nSPS) is 13.2. The molecule has 16 nitrogen and oxygen atoms in total. The highest BCUT2D eigenvalue weighted by atomic mass is 32.2. The van der Waals surface area contributed by atoms with Gasteiger partial charge in [-0.25, -0.2) is 4.79 Å². The number of nitrogen functional groups attached to an aromatic ring is 1. The van der Waals surface area contributed by atoms with Crippen LogP contribution in [0.1, 0.15) is 47.4 Å². The maximum Gasteiger partial charge on any atom is 0.407 e. The number of amides is 2. The molecule has 0 aromatic heterocycles. The molecular weight excluding hydrogens is 849 g/mol. The van der Waals surface area contributed by atoms with Crippen LogP contribution in [0, 0.1) is 13.8 Å². The Hall–Kier alpha value is -6.70. The SMILES string of the molecule is Cc1cc(-c2ccc(NC(=O)C(CCCCN)NC(=O)OCC3c4ccccc4-c4ccccc43)c(C)c2)ccc1N=Nc1ccc2c(S(=O)(=O)O)cc(S(=O)(=O)O)c(N)c2c1O. The molecule has 7 rings (SSSR count). The summed E-state index contributed by atoms with van der Waals surface area (Å²) in [6.45, 7) is 4.17.